The van der Waals surface area contributed by atoms with Gasteiger partial charge in [0, 0.05) is 12.0 Å². The summed E-state index contributed by atoms with van der Waals surface area (Å²) >= 11 is 0. The average Bonchev–Trinajstić information content (AvgIpc) is 2.40. The number of hydrogen-bond donors (Lipinski definition) is 1. The minimum absolute atomic E-state index is 0.132. The third-order valence-corrected chi connectivity index (χ3v) is 3.50. The van der Waals surface area contributed by atoms with Crippen molar-refractivity contribution in [2.75, 3.05) is 26.9 Å². The Labute approximate surface area is 102 Å². The Hall–Kier alpha value is -1.06. The van der Waals surface area contributed by atoms with Crippen LogP contribution in [-0.4, -0.2) is 32.0 Å². The second-order valence-electron chi connectivity index (χ2n) is 4.80. The normalized spacial score (nSPS) is 24.6. The lowest BCUT2D eigenvalue weighted by atomic mass is 9.78. The first-order valence-electron chi connectivity index (χ1n) is 6.10. The molecule has 1 saturated heterocycles. The van der Waals surface area contributed by atoms with E-state index >= 15 is 0 Å². The summed E-state index contributed by atoms with van der Waals surface area (Å²) in [6, 6.07) is 7.99. The molecule has 1 aliphatic heterocycles. The number of para-hydroxylation sites is 1. The third kappa shape index (κ3) is 2.79. The molecule has 1 unspecified atom stereocenters. The molecule has 0 spiro atoms. The highest BCUT2D eigenvalue weighted by Crippen LogP contribution is 2.34. The minimum atomic E-state index is -0.132. The van der Waals surface area contributed by atoms with Crippen LogP contribution in [0.2, 0.25) is 0 Å². The summed E-state index contributed by atoms with van der Waals surface area (Å²) in [7, 11) is 1.68. The Kier molecular flexibility index (Phi) is 4.02. The maximum Gasteiger partial charge on any atom is 0.122 e. The highest BCUT2D eigenvalue weighted by atomic mass is 16.5. The number of rotatable bonds is 4. The first-order valence-corrected chi connectivity index (χ1v) is 6.10. The summed E-state index contributed by atoms with van der Waals surface area (Å²) in [5, 5.41) is 9.65. The molecular weight excluding hydrogens is 216 g/mol. The molecule has 1 aromatic rings. The van der Waals surface area contributed by atoms with Gasteiger partial charge in [0.2, 0.25) is 0 Å². The standard InChI is InChI=1S/C14H20O3/c1-16-13-6-3-2-5-12(13)9-14(10-15)7-4-8-17-11-14/h2-3,5-6,15H,4,7-11H2,1H3. The molecule has 2 rings (SSSR count). The summed E-state index contributed by atoms with van der Waals surface area (Å²) in [4.78, 5) is 0. The lowest BCUT2D eigenvalue weighted by Crippen LogP contribution is -2.37. The Bertz CT molecular complexity index is 356. The second kappa shape index (κ2) is 5.52. The fourth-order valence-corrected chi connectivity index (χ4v) is 2.48. The van der Waals surface area contributed by atoms with Gasteiger partial charge in [-0.05, 0) is 30.9 Å². The van der Waals surface area contributed by atoms with Crippen molar-refractivity contribution in [3.63, 3.8) is 0 Å². The van der Waals surface area contributed by atoms with E-state index in [4.69, 9.17) is 9.47 Å². The fourth-order valence-electron chi connectivity index (χ4n) is 2.48. The number of aliphatic hydroxyl groups is 1. The van der Waals surface area contributed by atoms with Gasteiger partial charge in [0.1, 0.15) is 5.75 Å². The van der Waals surface area contributed by atoms with Crippen molar-refractivity contribution in [2.45, 2.75) is 19.3 Å². The number of benzene rings is 1. The van der Waals surface area contributed by atoms with Gasteiger partial charge in [0.25, 0.3) is 0 Å². The predicted octanol–water partition coefficient (Wildman–Crippen LogP) is 2.03. The molecule has 1 fully saturated rings. The van der Waals surface area contributed by atoms with Crippen molar-refractivity contribution in [1.82, 2.24) is 0 Å². The van der Waals surface area contributed by atoms with Crippen LogP contribution in [0.3, 0.4) is 0 Å². The van der Waals surface area contributed by atoms with Gasteiger partial charge in [0.15, 0.2) is 0 Å². The van der Waals surface area contributed by atoms with Crippen LogP contribution in [0.4, 0.5) is 0 Å². The van der Waals surface area contributed by atoms with Gasteiger partial charge >= 0.3 is 0 Å². The smallest absolute Gasteiger partial charge is 0.122 e. The molecule has 0 saturated carbocycles. The first kappa shape index (κ1) is 12.4. The zero-order chi connectivity index (χ0) is 12.1. The zero-order valence-corrected chi connectivity index (χ0v) is 10.3. The van der Waals surface area contributed by atoms with Crippen LogP contribution >= 0.6 is 0 Å². The predicted molar refractivity (Wildman–Crippen MR) is 66.3 cm³/mol. The highest BCUT2D eigenvalue weighted by Gasteiger charge is 2.33. The Balaban J connectivity index is 2.17. The van der Waals surface area contributed by atoms with Crippen molar-refractivity contribution in [3.05, 3.63) is 29.8 Å². The van der Waals surface area contributed by atoms with Crippen molar-refractivity contribution in [2.24, 2.45) is 5.41 Å². The van der Waals surface area contributed by atoms with E-state index in [0.29, 0.717) is 6.61 Å². The topological polar surface area (TPSA) is 38.7 Å². The maximum absolute atomic E-state index is 9.65. The molecule has 1 atom stereocenters. The molecule has 1 aliphatic rings. The molecule has 3 nitrogen and oxygen atoms in total. The van der Waals surface area contributed by atoms with Gasteiger partial charge < -0.3 is 14.6 Å². The van der Waals surface area contributed by atoms with Crippen LogP contribution < -0.4 is 4.74 Å². The van der Waals surface area contributed by atoms with Crippen LogP contribution in [0.25, 0.3) is 0 Å². The average molecular weight is 236 g/mol. The minimum Gasteiger partial charge on any atom is -0.496 e. The van der Waals surface area contributed by atoms with Crippen molar-refractivity contribution < 1.29 is 14.6 Å². The largest absolute Gasteiger partial charge is 0.496 e. The summed E-state index contributed by atoms with van der Waals surface area (Å²) in [6.45, 7) is 1.63. The van der Waals surface area contributed by atoms with E-state index in [1.807, 2.05) is 18.2 Å². The molecule has 1 heterocycles. The molecule has 0 amide bonds. The van der Waals surface area contributed by atoms with E-state index in [-0.39, 0.29) is 12.0 Å². The number of hydrogen-bond acceptors (Lipinski definition) is 3. The third-order valence-electron chi connectivity index (χ3n) is 3.50. The van der Waals surface area contributed by atoms with Gasteiger partial charge in [-0.15, -0.1) is 0 Å². The van der Waals surface area contributed by atoms with Gasteiger partial charge in [-0.1, -0.05) is 18.2 Å². The van der Waals surface area contributed by atoms with E-state index in [2.05, 4.69) is 6.07 Å². The maximum atomic E-state index is 9.65. The zero-order valence-electron chi connectivity index (χ0n) is 10.3. The van der Waals surface area contributed by atoms with Crippen LogP contribution in [0.15, 0.2) is 24.3 Å². The SMILES string of the molecule is COc1ccccc1CC1(CO)CCCOC1. The lowest BCUT2D eigenvalue weighted by Gasteiger charge is -2.35. The van der Waals surface area contributed by atoms with Crippen LogP contribution in [-0.2, 0) is 11.2 Å². The van der Waals surface area contributed by atoms with Crippen LogP contribution in [0, 0.1) is 5.41 Å². The monoisotopic (exact) mass is 236 g/mol. The number of aliphatic hydroxyl groups excluding tert-OH is 1. The van der Waals surface area contributed by atoms with Crippen LogP contribution in [0.1, 0.15) is 18.4 Å². The van der Waals surface area contributed by atoms with E-state index < -0.39 is 0 Å². The van der Waals surface area contributed by atoms with Gasteiger partial charge in [-0.25, -0.2) is 0 Å². The second-order valence-corrected chi connectivity index (χ2v) is 4.80. The molecule has 0 aliphatic carbocycles. The van der Waals surface area contributed by atoms with Crippen molar-refractivity contribution >= 4 is 0 Å². The van der Waals surface area contributed by atoms with Crippen molar-refractivity contribution in [1.29, 1.82) is 0 Å². The molecule has 0 aromatic heterocycles. The fraction of sp³-hybridized carbons (Fsp3) is 0.571. The lowest BCUT2D eigenvalue weighted by molar-refractivity contribution is -0.0381. The Morgan fingerprint density at radius 2 is 2.24 bits per heavy atom. The number of ether oxygens (including phenoxy) is 2. The van der Waals surface area contributed by atoms with E-state index in [0.717, 1.165) is 37.2 Å². The molecule has 17 heavy (non-hydrogen) atoms. The summed E-state index contributed by atoms with van der Waals surface area (Å²) in [6.07, 6.45) is 2.85. The first-order chi connectivity index (χ1) is 8.29. The van der Waals surface area contributed by atoms with E-state index in [1.54, 1.807) is 7.11 Å². The molecule has 3 heteroatoms. The molecule has 1 N–H and O–H groups in total. The van der Waals surface area contributed by atoms with Crippen LogP contribution in [0.5, 0.6) is 5.75 Å². The van der Waals surface area contributed by atoms with E-state index in [9.17, 15) is 5.11 Å². The van der Waals surface area contributed by atoms with Gasteiger partial charge in [0.05, 0.1) is 20.3 Å². The van der Waals surface area contributed by atoms with E-state index in [1.165, 1.54) is 0 Å². The molecule has 0 radical (unpaired) electrons. The van der Waals surface area contributed by atoms with Gasteiger partial charge in [-0.3, -0.25) is 0 Å². The summed E-state index contributed by atoms with van der Waals surface area (Å²) in [5.74, 6) is 0.894. The van der Waals surface area contributed by atoms with Crippen molar-refractivity contribution in [3.8, 4) is 5.75 Å². The molecule has 1 aromatic carbocycles. The summed E-state index contributed by atoms with van der Waals surface area (Å²) < 4.78 is 10.9. The quantitative estimate of drug-likeness (QED) is 0.869. The van der Waals surface area contributed by atoms with Gasteiger partial charge in [-0.2, -0.15) is 0 Å². The Morgan fingerprint density at radius 1 is 1.41 bits per heavy atom. The molecule has 94 valence electrons. The number of methoxy groups -OCH3 is 1. The molecular formula is C14H20O3. The molecule has 0 bridgehead atoms. The highest BCUT2D eigenvalue weighted by molar-refractivity contribution is 5.34. The Morgan fingerprint density at radius 3 is 2.88 bits per heavy atom. The summed E-state index contributed by atoms with van der Waals surface area (Å²) in [5.41, 5.74) is 1.02.